The zero-order valence-corrected chi connectivity index (χ0v) is 11.4. The number of hydrogen-bond donors (Lipinski definition) is 1. The molecule has 5 heteroatoms. The largest absolute Gasteiger partial charge is 0.414 e. The number of benzene rings is 1. The van der Waals surface area contributed by atoms with Crippen LogP contribution < -0.4 is 5.32 Å². The van der Waals surface area contributed by atoms with Crippen molar-refractivity contribution in [2.75, 3.05) is 5.32 Å². The van der Waals surface area contributed by atoms with Crippen molar-refractivity contribution in [2.24, 2.45) is 0 Å². The Morgan fingerprint density at radius 1 is 1.35 bits per heavy atom. The number of aromatic nitrogens is 2. The van der Waals surface area contributed by atoms with Crippen LogP contribution in [0.1, 0.15) is 23.9 Å². The first kappa shape index (κ1) is 12.1. The normalized spacial score (nSPS) is 10.5. The molecule has 1 heterocycles. The SMILES string of the molecule is CCc1cccc(C)c1NCc1nnc(Br)o1. The topological polar surface area (TPSA) is 51.0 Å². The lowest BCUT2D eigenvalue weighted by Gasteiger charge is -2.12. The minimum Gasteiger partial charge on any atom is -0.414 e. The van der Waals surface area contributed by atoms with Gasteiger partial charge in [-0.05, 0) is 24.5 Å². The van der Waals surface area contributed by atoms with Crippen molar-refractivity contribution >= 4 is 21.6 Å². The first-order valence-corrected chi connectivity index (χ1v) is 6.30. The molecule has 2 rings (SSSR count). The van der Waals surface area contributed by atoms with Crippen LogP contribution in [0.2, 0.25) is 0 Å². The predicted octanol–water partition coefficient (Wildman–Crippen LogP) is 3.32. The molecule has 0 amide bonds. The van der Waals surface area contributed by atoms with E-state index in [2.05, 4.69) is 63.5 Å². The summed E-state index contributed by atoms with van der Waals surface area (Å²) in [4.78, 5) is 0.412. The Kier molecular flexibility index (Phi) is 3.78. The summed E-state index contributed by atoms with van der Waals surface area (Å²) in [5, 5.41) is 11.0. The Balaban J connectivity index is 2.13. The lowest BCUT2D eigenvalue weighted by Crippen LogP contribution is -2.04. The Hall–Kier alpha value is -1.36. The minimum atomic E-state index is 0.412. The van der Waals surface area contributed by atoms with Crippen LogP contribution in [0.4, 0.5) is 5.69 Å². The van der Waals surface area contributed by atoms with E-state index in [4.69, 9.17) is 4.42 Å². The highest BCUT2D eigenvalue weighted by Crippen LogP contribution is 2.21. The van der Waals surface area contributed by atoms with Crippen molar-refractivity contribution < 1.29 is 4.42 Å². The Morgan fingerprint density at radius 2 is 2.18 bits per heavy atom. The van der Waals surface area contributed by atoms with E-state index in [1.54, 1.807) is 0 Å². The molecular weight excluding hydrogens is 282 g/mol. The molecule has 0 saturated carbocycles. The number of nitrogens with zero attached hydrogens (tertiary/aromatic N) is 2. The lowest BCUT2D eigenvalue weighted by molar-refractivity contribution is 0.479. The van der Waals surface area contributed by atoms with Crippen LogP contribution in [-0.4, -0.2) is 10.2 Å². The van der Waals surface area contributed by atoms with Gasteiger partial charge in [0.05, 0.1) is 6.54 Å². The van der Waals surface area contributed by atoms with E-state index in [1.807, 2.05) is 0 Å². The summed E-state index contributed by atoms with van der Waals surface area (Å²) < 4.78 is 5.25. The van der Waals surface area contributed by atoms with Gasteiger partial charge in [-0.3, -0.25) is 0 Å². The molecule has 1 aromatic heterocycles. The number of hydrogen-bond acceptors (Lipinski definition) is 4. The number of halogens is 1. The number of rotatable bonds is 4. The highest BCUT2D eigenvalue weighted by molar-refractivity contribution is 9.10. The first-order valence-electron chi connectivity index (χ1n) is 5.51. The van der Waals surface area contributed by atoms with Crippen LogP contribution in [-0.2, 0) is 13.0 Å². The summed E-state index contributed by atoms with van der Waals surface area (Å²) in [5.74, 6) is 0.571. The number of aryl methyl sites for hydroxylation is 2. The molecule has 0 aliphatic carbocycles. The van der Waals surface area contributed by atoms with E-state index in [9.17, 15) is 0 Å². The van der Waals surface area contributed by atoms with Gasteiger partial charge in [0.25, 0.3) is 4.80 Å². The first-order chi connectivity index (χ1) is 8.20. The van der Waals surface area contributed by atoms with Crippen LogP contribution in [0, 0.1) is 6.92 Å². The Labute approximate surface area is 109 Å². The van der Waals surface area contributed by atoms with Gasteiger partial charge in [0, 0.05) is 21.6 Å². The van der Waals surface area contributed by atoms with Crippen molar-refractivity contribution in [3.8, 4) is 0 Å². The molecule has 0 bridgehead atoms. The van der Waals surface area contributed by atoms with Gasteiger partial charge in [-0.2, -0.15) is 0 Å². The van der Waals surface area contributed by atoms with E-state index < -0.39 is 0 Å². The van der Waals surface area contributed by atoms with Gasteiger partial charge in [-0.25, -0.2) is 0 Å². The third-order valence-electron chi connectivity index (χ3n) is 2.60. The van der Waals surface area contributed by atoms with Crippen LogP contribution in [0.15, 0.2) is 27.4 Å². The number of para-hydroxylation sites is 1. The Morgan fingerprint density at radius 3 is 2.82 bits per heavy atom. The summed E-state index contributed by atoms with van der Waals surface area (Å²) in [7, 11) is 0. The third-order valence-corrected chi connectivity index (χ3v) is 2.92. The predicted molar refractivity (Wildman–Crippen MR) is 69.9 cm³/mol. The second kappa shape index (κ2) is 5.31. The average molecular weight is 296 g/mol. The summed E-state index contributed by atoms with van der Waals surface area (Å²) in [5.41, 5.74) is 3.68. The third kappa shape index (κ3) is 2.85. The fourth-order valence-electron chi connectivity index (χ4n) is 1.74. The van der Waals surface area contributed by atoms with Crippen molar-refractivity contribution in [3.63, 3.8) is 0 Å². The van der Waals surface area contributed by atoms with Crippen molar-refractivity contribution in [3.05, 3.63) is 40.0 Å². The second-order valence-electron chi connectivity index (χ2n) is 3.76. The zero-order chi connectivity index (χ0) is 12.3. The Bertz CT molecular complexity index is 510. The van der Waals surface area contributed by atoms with E-state index in [0.717, 1.165) is 12.1 Å². The quantitative estimate of drug-likeness (QED) is 0.940. The molecule has 0 fully saturated rings. The maximum atomic E-state index is 5.25. The molecule has 1 N–H and O–H groups in total. The van der Waals surface area contributed by atoms with Gasteiger partial charge < -0.3 is 9.73 Å². The van der Waals surface area contributed by atoms with Gasteiger partial charge in [-0.15, -0.1) is 10.2 Å². The molecule has 2 aromatic rings. The van der Waals surface area contributed by atoms with E-state index in [0.29, 0.717) is 17.2 Å². The molecular formula is C12H14BrN3O. The molecule has 0 saturated heterocycles. The minimum absolute atomic E-state index is 0.412. The highest BCUT2D eigenvalue weighted by atomic mass is 79.9. The fraction of sp³-hybridized carbons (Fsp3) is 0.333. The smallest absolute Gasteiger partial charge is 0.284 e. The van der Waals surface area contributed by atoms with Gasteiger partial charge in [0.1, 0.15) is 0 Å². The summed E-state index contributed by atoms with van der Waals surface area (Å²) >= 11 is 3.13. The van der Waals surface area contributed by atoms with Crippen molar-refractivity contribution in [2.45, 2.75) is 26.8 Å². The number of anilines is 1. The molecule has 0 unspecified atom stereocenters. The molecule has 4 nitrogen and oxygen atoms in total. The zero-order valence-electron chi connectivity index (χ0n) is 9.83. The van der Waals surface area contributed by atoms with Gasteiger partial charge in [-0.1, -0.05) is 25.1 Å². The monoisotopic (exact) mass is 295 g/mol. The summed E-state index contributed by atoms with van der Waals surface area (Å²) in [6, 6.07) is 6.28. The molecule has 0 atom stereocenters. The molecule has 0 aliphatic rings. The molecule has 1 aromatic carbocycles. The molecule has 0 radical (unpaired) electrons. The van der Waals surface area contributed by atoms with Gasteiger partial charge >= 0.3 is 0 Å². The van der Waals surface area contributed by atoms with Crippen molar-refractivity contribution in [1.82, 2.24) is 10.2 Å². The number of nitrogens with one attached hydrogen (secondary N) is 1. The van der Waals surface area contributed by atoms with E-state index >= 15 is 0 Å². The fourth-order valence-corrected chi connectivity index (χ4v) is 2.01. The standard InChI is InChI=1S/C12H14BrN3O/c1-3-9-6-4-5-8(2)11(9)14-7-10-15-16-12(13)17-10/h4-6,14H,3,7H2,1-2H3. The van der Waals surface area contributed by atoms with E-state index in [-0.39, 0.29) is 0 Å². The van der Waals surface area contributed by atoms with Crippen LogP contribution >= 0.6 is 15.9 Å². The van der Waals surface area contributed by atoms with Gasteiger partial charge in [0.15, 0.2) is 0 Å². The molecule has 17 heavy (non-hydrogen) atoms. The maximum Gasteiger partial charge on any atom is 0.284 e. The summed E-state index contributed by atoms with van der Waals surface area (Å²) in [6.07, 6.45) is 0.998. The van der Waals surface area contributed by atoms with Crippen LogP contribution in [0.3, 0.4) is 0 Å². The highest BCUT2D eigenvalue weighted by Gasteiger charge is 2.06. The molecule has 90 valence electrons. The van der Waals surface area contributed by atoms with Crippen LogP contribution in [0.5, 0.6) is 0 Å². The van der Waals surface area contributed by atoms with Crippen LogP contribution in [0.25, 0.3) is 0 Å². The maximum absolute atomic E-state index is 5.25. The van der Waals surface area contributed by atoms with Crippen molar-refractivity contribution in [1.29, 1.82) is 0 Å². The molecule has 0 spiro atoms. The van der Waals surface area contributed by atoms with E-state index in [1.165, 1.54) is 11.1 Å². The summed E-state index contributed by atoms with van der Waals surface area (Å²) in [6.45, 7) is 4.77. The van der Waals surface area contributed by atoms with Gasteiger partial charge in [0.2, 0.25) is 5.89 Å². The molecule has 0 aliphatic heterocycles. The lowest BCUT2D eigenvalue weighted by atomic mass is 10.1. The average Bonchev–Trinajstić information content (AvgIpc) is 2.73. The second-order valence-corrected chi connectivity index (χ2v) is 4.44.